The number of piperidine rings is 1. The third kappa shape index (κ3) is 3.53. The molecule has 0 radical (unpaired) electrons. The molecule has 5 rings (SSSR count). The fourth-order valence-electron chi connectivity index (χ4n) is 4.56. The molecule has 0 spiro atoms. The number of hydrogen-bond acceptors (Lipinski definition) is 4. The molecular formula is C20H28N2O3. The molecular weight excluding hydrogens is 316 g/mol. The summed E-state index contributed by atoms with van der Waals surface area (Å²) in [4.78, 5) is 14.7. The van der Waals surface area contributed by atoms with E-state index in [1.54, 1.807) is 0 Å². The first kappa shape index (κ1) is 16.9. The highest BCUT2D eigenvalue weighted by atomic mass is 16.5. The van der Waals surface area contributed by atoms with Crippen LogP contribution in [-0.2, 0) is 9.53 Å². The monoisotopic (exact) mass is 344 g/mol. The number of nitrogens with two attached hydrogens (primary N) is 1. The molecule has 4 aliphatic rings. The number of ether oxygens (including phenoxy) is 2. The number of rotatable bonds is 0. The molecule has 3 aliphatic heterocycles. The molecule has 1 amide bonds. The summed E-state index contributed by atoms with van der Waals surface area (Å²) in [6, 6.07) is 8.14. The van der Waals surface area contributed by atoms with Crippen molar-refractivity contribution in [3.05, 3.63) is 29.8 Å². The number of fused-ring (bicyclic) bond motifs is 5. The maximum Gasteiger partial charge on any atom is 0.260 e. The second kappa shape index (κ2) is 7.34. The highest BCUT2D eigenvalue weighted by Crippen LogP contribution is 2.38. The van der Waals surface area contributed by atoms with Crippen LogP contribution in [0.25, 0.3) is 0 Å². The van der Waals surface area contributed by atoms with E-state index in [-0.39, 0.29) is 30.7 Å². The fraction of sp³-hybridized carbons (Fsp3) is 0.650. The highest BCUT2D eigenvalue weighted by molar-refractivity contribution is 5.78. The van der Waals surface area contributed by atoms with E-state index in [1.165, 1.54) is 5.56 Å². The molecule has 2 atom stereocenters. The van der Waals surface area contributed by atoms with E-state index in [0.717, 1.165) is 50.8 Å². The Kier molecular flexibility index (Phi) is 4.95. The lowest BCUT2D eigenvalue weighted by Crippen LogP contribution is -2.57. The molecule has 2 N–H and O–H groups in total. The maximum absolute atomic E-state index is 12.8. The van der Waals surface area contributed by atoms with Crippen molar-refractivity contribution in [2.45, 2.75) is 62.6 Å². The van der Waals surface area contributed by atoms with E-state index < -0.39 is 0 Å². The number of amides is 1. The Bertz CT molecular complexity index is 613. The summed E-state index contributed by atoms with van der Waals surface area (Å²) < 4.78 is 12.2. The van der Waals surface area contributed by atoms with Gasteiger partial charge in [-0.15, -0.1) is 0 Å². The van der Waals surface area contributed by atoms with Crippen molar-refractivity contribution >= 4 is 5.91 Å². The van der Waals surface area contributed by atoms with Gasteiger partial charge in [0.2, 0.25) is 0 Å². The van der Waals surface area contributed by atoms with Crippen LogP contribution in [0.1, 0.15) is 50.0 Å². The van der Waals surface area contributed by atoms with Crippen molar-refractivity contribution in [1.82, 2.24) is 4.90 Å². The van der Waals surface area contributed by atoms with Crippen LogP contribution in [0.3, 0.4) is 0 Å². The van der Waals surface area contributed by atoms with Gasteiger partial charge < -0.3 is 20.1 Å². The van der Waals surface area contributed by atoms with Gasteiger partial charge >= 0.3 is 0 Å². The Hall–Kier alpha value is -1.59. The first-order chi connectivity index (χ1) is 12.2. The molecule has 1 aliphatic carbocycles. The number of carbonyl (C=O) groups is 1. The molecule has 1 aromatic carbocycles. The first-order valence-electron chi connectivity index (χ1n) is 9.61. The third-order valence-electron chi connectivity index (χ3n) is 6.04. The molecule has 2 bridgehead atoms. The molecule has 25 heavy (non-hydrogen) atoms. The minimum absolute atomic E-state index is 0.00791. The van der Waals surface area contributed by atoms with Crippen molar-refractivity contribution in [1.29, 1.82) is 0 Å². The molecule has 3 heterocycles. The molecule has 5 heteroatoms. The Labute approximate surface area is 149 Å². The maximum atomic E-state index is 12.8. The second-order valence-corrected chi connectivity index (χ2v) is 7.59. The fourth-order valence-corrected chi connectivity index (χ4v) is 4.56. The number of benzene rings is 1. The Morgan fingerprint density at radius 2 is 1.88 bits per heavy atom. The normalized spacial score (nSPS) is 33.3. The van der Waals surface area contributed by atoms with Crippen LogP contribution in [0.15, 0.2) is 24.3 Å². The van der Waals surface area contributed by atoms with E-state index in [1.807, 2.05) is 17.0 Å². The second-order valence-electron chi connectivity index (χ2n) is 7.59. The molecule has 1 saturated carbocycles. The van der Waals surface area contributed by atoms with Gasteiger partial charge in [0, 0.05) is 12.6 Å². The van der Waals surface area contributed by atoms with E-state index in [9.17, 15) is 4.79 Å². The molecule has 0 aromatic heterocycles. The SMILES string of the molecule is NC1CCCN2C(=O)COc3ccccc3C3CCC(CC3)OCC12. The molecule has 136 valence electrons. The van der Waals surface area contributed by atoms with Crippen molar-refractivity contribution in [2.75, 3.05) is 19.8 Å². The summed E-state index contributed by atoms with van der Waals surface area (Å²) in [5.41, 5.74) is 7.56. The molecule has 2 fully saturated rings. The quantitative estimate of drug-likeness (QED) is 0.785. The standard InChI is InChI=1S/C20H28N2O3/c21-17-5-3-11-22-18(17)12-24-15-9-7-14(8-10-15)16-4-1-2-6-19(16)25-13-20(22)23/h1-2,4,6,14-15,17-18H,3,5,7-13,21H2. The van der Waals surface area contributed by atoms with Gasteiger partial charge in [-0.05, 0) is 56.1 Å². The number of hydrogen-bond donors (Lipinski definition) is 1. The van der Waals surface area contributed by atoms with Gasteiger partial charge in [0.1, 0.15) is 5.75 Å². The van der Waals surface area contributed by atoms with Crippen LogP contribution in [0.4, 0.5) is 0 Å². The number of para-hydroxylation sites is 1. The average molecular weight is 344 g/mol. The lowest BCUT2D eigenvalue weighted by atomic mass is 9.82. The summed E-state index contributed by atoms with van der Waals surface area (Å²) in [5.74, 6) is 1.37. The Morgan fingerprint density at radius 3 is 2.72 bits per heavy atom. The van der Waals surface area contributed by atoms with Gasteiger partial charge in [-0.25, -0.2) is 0 Å². The van der Waals surface area contributed by atoms with Gasteiger partial charge in [-0.3, -0.25) is 4.79 Å². The van der Waals surface area contributed by atoms with E-state index in [0.29, 0.717) is 12.5 Å². The van der Waals surface area contributed by atoms with Gasteiger partial charge in [0.05, 0.1) is 18.8 Å². The molecule has 1 aromatic rings. The minimum Gasteiger partial charge on any atom is -0.483 e. The highest BCUT2D eigenvalue weighted by Gasteiger charge is 2.34. The van der Waals surface area contributed by atoms with Crippen LogP contribution in [-0.4, -0.2) is 48.8 Å². The smallest absolute Gasteiger partial charge is 0.260 e. The predicted molar refractivity (Wildman–Crippen MR) is 95.6 cm³/mol. The lowest BCUT2D eigenvalue weighted by Gasteiger charge is -2.40. The van der Waals surface area contributed by atoms with Crippen LogP contribution >= 0.6 is 0 Å². The van der Waals surface area contributed by atoms with Gasteiger partial charge in [-0.2, -0.15) is 0 Å². The van der Waals surface area contributed by atoms with E-state index in [2.05, 4.69) is 12.1 Å². The molecule has 5 nitrogen and oxygen atoms in total. The molecule has 2 unspecified atom stereocenters. The van der Waals surface area contributed by atoms with Crippen molar-refractivity contribution in [3.8, 4) is 5.75 Å². The first-order valence-corrected chi connectivity index (χ1v) is 9.61. The Balaban J connectivity index is 1.61. The van der Waals surface area contributed by atoms with Crippen LogP contribution < -0.4 is 10.5 Å². The summed E-state index contributed by atoms with van der Waals surface area (Å²) in [7, 11) is 0. The Morgan fingerprint density at radius 1 is 1.08 bits per heavy atom. The summed E-state index contributed by atoms with van der Waals surface area (Å²) in [5, 5.41) is 0. The van der Waals surface area contributed by atoms with Crippen LogP contribution in [0.2, 0.25) is 0 Å². The van der Waals surface area contributed by atoms with Crippen molar-refractivity contribution < 1.29 is 14.3 Å². The topological polar surface area (TPSA) is 64.8 Å². The summed E-state index contributed by atoms with van der Waals surface area (Å²) in [6.07, 6.45) is 6.54. The molecule has 1 saturated heterocycles. The summed E-state index contributed by atoms with van der Waals surface area (Å²) in [6.45, 7) is 1.38. The van der Waals surface area contributed by atoms with Crippen LogP contribution in [0.5, 0.6) is 5.75 Å². The van der Waals surface area contributed by atoms with Crippen molar-refractivity contribution in [3.63, 3.8) is 0 Å². The third-order valence-corrected chi connectivity index (χ3v) is 6.04. The zero-order valence-corrected chi connectivity index (χ0v) is 14.7. The van der Waals surface area contributed by atoms with Gasteiger partial charge in [0.15, 0.2) is 6.61 Å². The van der Waals surface area contributed by atoms with Crippen LogP contribution in [0, 0.1) is 0 Å². The zero-order valence-electron chi connectivity index (χ0n) is 14.7. The van der Waals surface area contributed by atoms with E-state index in [4.69, 9.17) is 15.2 Å². The largest absolute Gasteiger partial charge is 0.483 e. The zero-order chi connectivity index (χ0) is 17.2. The number of nitrogens with zero attached hydrogens (tertiary/aromatic N) is 1. The van der Waals surface area contributed by atoms with Gasteiger partial charge in [-0.1, -0.05) is 18.2 Å². The van der Waals surface area contributed by atoms with Crippen molar-refractivity contribution in [2.24, 2.45) is 5.73 Å². The van der Waals surface area contributed by atoms with Gasteiger partial charge in [0.25, 0.3) is 5.91 Å². The lowest BCUT2D eigenvalue weighted by molar-refractivity contribution is -0.140. The number of carbonyl (C=O) groups excluding carboxylic acids is 1. The average Bonchev–Trinajstić information content (AvgIpc) is 2.66. The predicted octanol–water partition coefficient (Wildman–Crippen LogP) is 2.44. The minimum atomic E-state index is -0.0291. The van der Waals surface area contributed by atoms with E-state index >= 15 is 0 Å². The summed E-state index contributed by atoms with van der Waals surface area (Å²) >= 11 is 0.